The first-order valence-corrected chi connectivity index (χ1v) is 7.67. The summed E-state index contributed by atoms with van der Waals surface area (Å²) >= 11 is 7.97. The van der Waals surface area contributed by atoms with Crippen molar-refractivity contribution in [3.63, 3.8) is 0 Å². The molecular formula is C13H13ClN4S. The monoisotopic (exact) mass is 292 g/mol. The third kappa shape index (κ3) is 2.57. The van der Waals surface area contributed by atoms with E-state index in [0.29, 0.717) is 10.7 Å². The maximum Gasteiger partial charge on any atom is 0.170 e. The molecule has 0 radical (unpaired) electrons. The van der Waals surface area contributed by atoms with Gasteiger partial charge in [-0.25, -0.2) is 4.68 Å². The molecule has 6 heteroatoms. The van der Waals surface area contributed by atoms with E-state index in [9.17, 15) is 0 Å². The molecule has 0 amide bonds. The molecule has 1 aromatic carbocycles. The van der Waals surface area contributed by atoms with Crippen molar-refractivity contribution in [1.29, 1.82) is 5.26 Å². The van der Waals surface area contributed by atoms with Crippen molar-refractivity contribution in [3.05, 3.63) is 28.9 Å². The van der Waals surface area contributed by atoms with Crippen molar-refractivity contribution in [2.75, 3.05) is 24.6 Å². The summed E-state index contributed by atoms with van der Waals surface area (Å²) in [6, 6.07) is 7.73. The predicted octanol–water partition coefficient (Wildman–Crippen LogP) is 2.57. The van der Waals surface area contributed by atoms with Crippen LogP contribution in [0.25, 0.3) is 10.9 Å². The highest BCUT2D eigenvalue weighted by Crippen LogP contribution is 2.23. The Bertz CT molecular complexity index is 640. The van der Waals surface area contributed by atoms with Gasteiger partial charge in [-0.05, 0) is 18.2 Å². The fourth-order valence-electron chi connectivity index (χ4n) is 2.27. The van der Waals surface area contributed by atoms with Crippen LogP contribution in [-0.2, 0) is 6.67 Å². The van der Waals surface area contributed by atoms with Gasteiger partial charge in [-0.15, -0.1) is 0 Å². The topological polar surface area (TPSA) is 44.9 Å². The number of nitriles is 1. The van der Waals surface area contributed by atoms with Gasteiger partial charge in [0.05, 0.1) is 12.2 Å². The SMILES string of the molecule is N#Cc1nn(CN2CCSCC2)c2ccc(Cl)cc12. The highest BCUT2D eigenvalue weighted by atomic mass is 35.5. The maximum atomic E-state index is 9.16. The molecule has 1 aliphatic heterocycles. The van der Waals surface area contributed by atoms with Gasteiger partial charge in [-0.2, -0.15) is 22.1 Å². The number of rotatable bonds is 2. The van der Waals surface area contributed by atoms with Gasteiger partial charge < -0.3 is 0 Å². The molecule has 4 nitrogen and oxygen atoms in total. The zero-order valence-corrected chi connectivity index (χ0v) is 11.9. The number of benzene rings is 1. The molecule has 98 valence electrons. The van der Waals surface area contributed by atoms with Gasteiger partial charge in [-0.3, -0.25) is 4.90 Å². The molecule has 0 atom stereocenters. The van der Waals surface area contributed by atoms with Crippen molar-refractivity contribution >= 4 is 34.3 Å². The fraction of sp³-hybridized carbons (Fsp3) is 0.385. The standard InChI is InChI=1S/C13H13ClN4S/c14-10-1-2-13-11(7-10)12(8-15)16-18(13)9-17-3-5-19-6-4-17/h1-2,7H,3-6,9H2. The quantitative estimate of drug-likeness (QED) is 0.853. The fourth-order valence-corrected chi connectivity index (χ4v) is 3.42. The van der Waals surface area contributed by atoms with E-state index in [1.165, 1.54) is 0 Å². The minimum Gasteiger partial charge on any atom is -0.283 e. The molecule has 0 unspecified atom stereocenters. The molecule has 3 rings (SSSR count). The molecule has 1 saturated heterocycles. The predicted molar refractivity (Wildman–Crippen MR) is 78.4 cm³/mol. The minimum atomic E-state index is 0.448. The molecule has 0 bridgehead atoms. The van der Waals surface area contributed by atoms with Gasteiger partial charge in [0.15, 0.2) is 5.69 Å². The second-order valence-corrected chi connectivity index (χ2v) is 6.15. The molecule has 0 N–H and O–H groups in total. The van der Waals surface area contributed by atoms with E-state index in [-0.39, 0.29) is 0 Å². The summed E-state index contributed by atoms with van der Waals surface area (Å²) in [4.78, 5) is 2.36. The molecule has 0 aliphatic carbocycles. The van der Waals surface area contributed by atoms with E-state index < -0.39 is 0 Å². The van der Waals surface area contributed by atoms with E-state index >= 15 is 0 Å². The summed E-state index contributed by atoms with van der Waals surface area (Å²) < 4.78 is 1.90. The van der Waals surface area contributed by atoms with Crippen LogP contribution in [0.2, 0.25) is 5.02 Å². The number of halogens is 1. The summed E-state index contributed by atoms with van der Waals surface area (Å²) in [5.41, 5.74) is 1.42. The second-order valence-electron chi connectivity index (χ2n) is 4.49. The Morgan fingerprint density at radius 2 is 2.16 bits per heavy atom. The Hall–Kier alpha value is -1.22. The number of hydrogen-bond donors (Lipinski definition) is 0. The maximum absolute atomic E-state index is 9.16. The largest absolute Gasteiger partial charge is 0.283 e. The lowest BCUT2D eigenvalue weighted by molar-refractivity contribution is 0.232. The lowest BCUT2D eigenvalue weighted by Gasteiger charge is -2.26. The van der Waals surface area contributed by atoms with Crippen molar-refractivity contribution in [1.82, 2.24) is 14.7 Å². The molecule has 1 aliphatic rings. The first-order valence-electron chi connectivity index (χ1n) is 6.14. The average molecular weight is 293 g/mol. The van der Waals surface area contributed by atoms with Gasteiger partial charge in [0.25, 0.3) is 0 Å². The summed E-state index contributed by atoms with van der Waals surface area (Å²) in [5, 5.41) is 15.0. The van der Waals surface area contributed by atoms with Crippen LogP contribution < -0.4 is 0 Å². The Morgan fingerprint density at radius 1 is 1.37 bits per heavy atom. The van der Waals surface area contributed by atoms with Crippen LogP contribution in [0.4, 0.5) is 0 Å². The van der Waals surface area contributed by atoms with E-state index in [1.807, 2.05) is 34.6 Å². The van der Waals surface area contributed by atoms with Crippen molar-refractivity contribution in [3.8, 4) is 6.07 Å². The first kappa shape index (κ1) is 12.8. The van der Waals surface area contributed by atoms with Gasteiger partial charge >= 0.3 is 0 Å². The number of aromatic nitrogens is 2. The van der Waals surface area contributed by atoms with Gasteiger partial charge in [0.2, 0.25) is 0 Å². The molecule has 0 spiro atoms. The zero-order chi connectivity index (χ0) is 13.2. The zero-order valence-electron chi connectivity index (χ0n) is 10.3. The Morgan fingerprint density at radius 3 is 2.89 bits per heavy atom. The van der Waals surface area contributed by atoms with Crippen molar-refractivity contribution in [2.45, 2.75) is 6.67 Å². The highest BCUT2D eigenvalue weighted by Gasteiger charge is 2.15. The Kier molecular flexibility index (Phi) is 3.65. The summed E-state index contributed by atoms with van der Waals surface area (Å²) in [6.45, 7) is 2.88. The lowest BCUT2D eigenvalue weighted by Crippen LogP contribution is -2.34. The number of thioether (sulfide) groups is 1. The van der Waals surface area contributed by atoms with Crippen molar-refractivity contribution in [2.24, 2.45) is 0 Å². The van der Waals surface area contributed by atoms with E-state index in [1.54, 1.807) is 0 Å². The Labute approximate surface area is 120 Å². The van der Waals surface area contributed by atoms with Crippen LogP contribution >= 0.6 is 23.4 Å². The van der Waals surface area contributed by atoms with Crippen LogP contribution in [-0.4, -0.2) is 39.3 Å². The third-order valence-corrected chi connectivity index (χ3v) is 4.43. The number of fused-ring (bicyclic) bond motifs is 1. The summed E-state index contributed by atoms with van der Waals surface area (Å²) in [6.07, 6.45) is 0. The van der Waals surface area contributed by atoms with Gasteiger partial charge in [-0.1, -0.05) is 11.6 Å². The van der Waals surface area contributed by atoms with Crippen molar-refractivity contribution < 1.29 is 0 Å². The second kappa shape index (κ2) is 5.41. The summed E-state index contributed by atoms with van der Waals surface area (Å²) in [7, 11) is 0. The molecule has 2 aromatic rings. The van der Waals surface area contributed by atoms with Gasteiger partial charge in [0.1, 0.15) is 6.07 Å². The lowest BCUT2D eigenvalue weighted by atomic mass is 10.2. The molecular weight excluding hydrogens is 280 g/mol. The smallest absolute Gasteiger partial charge is 0.170 e. The molecule has 19 heavy (non-hydrogen) atoms. The molecule has 1 fully saturated rings. The van der Waals surface area contributed by atoms with E-state index in [0.717, 1.165) is 42.2 Å². The third-order valence-electron chi connectivity index (χ3n) is 3.26. The molecule has 0 saturated carbocycles. The Balaban J connectivity index is 1.97. The van der Waals surface area contributed by atoms with Gasteiger partial charge in [0, 0.05) is 35.0 Å². The van der Waals surface area contributed by atoms with Crippen LogP contribution in [0, 0.1) is 11.3 Å². The van der Waals surface area contributed by atoms with E-state index in [4.69, 9.17) is 16.9 Å². The number of hydrogen-bond acceptors (Lipinski definition) is 4. The molecule has 2 heterocycles. The van der Waals surface area contributed by atoms with Crippen LogP contribution in [0.15, 0.2) is 18.2 Å². The average Bonchev–Trinajstić information content (AvgIpc) is 2.77. The highest BCUT2D eigenvalue weighted by molar-refractivity contribution is 7.99. The molecule has 1 aromatic heterocycles. The minimum absolute atomic E-state index is 0.448. The van der Waals surface area contributed by atoms with E-state index in [2.05, 4.69) is 16.1 Å². The number of nitrogens with zero attached hydrogens (tertiary/aromatic N) is 4. The van der Waals surface area contributed by atoms with Crippen LogP contribution in [0.5, 0.6) is 0 Å². The van der Waals surface area contributed by atoms with Crippen LogP contribution in [0.1, 0.15) is 5.69 Å². The van der Waals surface area contributed by atoms with Crippen LogP contribution in [0.3, 0.4) is 0 Å². The summed E-state index contributed by atoms with van der Waals surface area (Å²) in [5.74, 6) is 2.33. The first-order chi connectivity index (χ1) is 9.28. The normalized spacial score (nSPS) is 16.6.